The van der Waals surface area contributed by atoms with E-state index >= 15 is 0 Å². The van der Waals surface area contributed by atoms with Gasteiger partial charge in [0.2, 0.25) is 0 Å². The van der Waals surface area contributed by atoms with Gasteiger partial charge < -0.3 is 0 Å². The Labute approximate surface area is 74.5 Å². The van der Waals surface area contributed by atoms with Gasteiger partial charge in [0.15, 0.2) is 0 Å². The molecule has 0 bridgehead atoms. The average Bonchev–Trinajstić information content (AvgIpc) is 2.10. The monoisotopic (exact) mass is 176 g/mol. The molecule has 0 fully saturated rings. The van der Waals surface area contributed by atoms with E-state index in [9.17, 15) is 0 Å². The summed E-state index contributed by atoms with van der Waals surface area (Å²) >= 11 is 0. The van der Waals surface area contributed by atoms with E-state index in [2.05, 4.69) is 16.8 Å². The zero-order chi connectivity index (χ0) is 9.23. The Morgan fingerprint density at radius 3 is 2.42 bits per heavy atom. The Hall–Kier alpha value is -0.120. The molecule has 3 heteroatoms. The minimum absolute atomic E-state index is 0.0480. The van der Waals surface area contributed by atoms with Crippen molar-refractivity contribution in [1.82, 2.24) is 0 Å². The zero-order valence-electron chi connectivity index (χ0n) is 8.08. The van der Waals surface area contributed by atoms with E-state index in [1.807, 2.05) is 6.92 Å². The topological polar surface area (TPSA) is 38.7 Å². The van der Waals surface area contributed by atoms with Crippen LogP contribution in [0.3, 0.4) is 0 Å². The van der Waals surface area contributed by atoms with Crippen molar-refractivity contribution in [3.8, 4) is 0 Å². The predicted molar refractivity (Wildman–Crippen MR) is 47.6 cm³/mol. The lowest BCUT2D eigenvalue weighted by Gasteiger charge is -2.10. The van der Waals surface area contributed by atoms with E-state index in [1.54, 1.807) is 0 Å². The van der Waals surface area contributed by atoms with E-state index in [0.717, 1.165) is 19.3 Å². The van der Waals surface area contributed by atoms with Gasteiger partial charge in [0.05, 0.1) is 6.10 Å². The van der Waals surface area contributed by atoms with Crippen LogP contribution in [0.4, 0.5) is 0 Å². The van der Waals surface area contributed by atoms with Gasteiger partial charge >= 0.3 is 0 Å². The standard InChI is InChI=1S/C9H20O3/c1-3-5-6-7-8-9(4-2)11-12-10/h9-10H,3-8H2,1-2H3. The van der Waals surface area contributed by atoms with E-state index in [4.69, 9.17) is 5.26 Å². The van der Waals surface area contributed by atoms with Crippen molar-refractivity contribution in [3.05, 3.63) is 0 Å². The Morgan fingerprint density at radius 2 is 1.92 bits per heavy atom. The highest BCUT2D eigenvalue weighted by molar-refractivity contribution is 4.53. The molecule has 0 aromatic carbocycles. The van der Waals surface area contributed by atoms with Crippen molar-refractivity contribution in [2.24, 2.45) is 0 Å². The molecular weight excluding hydrogens is 156 g/mol. The molecule has 0 aromatic heterocycles. The molecule has 0 aliphatic rings. The van der Waals surface area contributed by atoms with Gasteiger partial charge in [-0.2, -0.15) is 0 Å². The molecule has 0 radical (unpaired) electrons. The van der Waals surface area contributed by atoms with Gasteiger partial charge in [-0.05, 0) is 12.8 Å². The fourth-order valence-electron chi connectivity index (χ4n) is 1.18. The second-order valence-corrected chi connectivity index (χ2v) is 3.05. The first-order valence-electron chi connectivity index (χ1n) is 4.82. The summed E-state index contributed by atoms with van der Waals surface area (Å²) in [4.78, 5) is 4.63. The van der Waals surface area contributed by atoms with E-state index in [1.165, 1.54) is 19.3 Å². The molecule has 74 valence electrons. The Bertz CT molecular complexity index is 85.8. The molecule has 0 amide bonds. The van der Waals surface area contributed by atoms with Crippen LogP contribution in [0.1, 0.15) is 52.4 Å². The van der Waals surface area contributed by atoms with Crippen molar-refractivity contribution < 1.29 is 15.2 Å². The van der Waals surface area contributed by atoms with Crippen LogP contribution in [-0.4, -0.2) is 11.4 Å². The van der Waals surface area contributed by atoms with Crippen molar-refractivity contribution in [3.63, 3.8) is 0 Å². The molecule has 1 unspecified atom stereocenters. The summed E-state index contributed by atoms with van der Waals surface area (Å²) in [5.41, 5.74) is 0. The Kier molecular flexibility index (Phi) is 8.88. The molecule has 0 saturated carbocycles. The van der Waals surface area contributed by atoms with Crippen molar-refractivity contribution in [2.45, 2.75) is 58.5 Å². The van der Waals surface area contributed by atoms with Crippen LogP contribution in [0.25, 0.3) is 0 Å². The third-order valence-corrected chi connectivity index (χ3v) is 2.01. The van der Waals surface area contributed by atoms with Gasteiger partial charge in [-0.15, -0.1) is 0 Å². The van der Waals surface area contributed by atoms with E-state index < -0.39 is 0 Å². The van der Waals surface area contributed by atoms with Gasteiger partial charge in [-0.1, -0.05) is 44.6 Å². The number of rotatable bonds is 8. The molecular formula is C9H20O3. The summed E-state index contributed by atoms with van der Waals surface area (Å²) in [6.45, 7) is 4.20. The first-order valence-corrected chi connectivity index (χ1v) is 4.82. The van der Waals surface area contributed by atoms with Crippen molar-refractivity contribution in [1.29, 1.82) is 0 Å². The minimum atomic E-state index is 0.0480. The highest BCUT2D eigenvalue weighted by Gasteiger charge is 2.06. The lowest BCUT2D eigenvalue weighted by molar-refractivity contribution is -0.506. The number of hydrogen-bond acceptors (Lipinski definition) is 3. The summed E-state index contributed by atoms with van der Waals surface area (Å²) in [6.07, 6.45) is 6.80. The van der Waals surface area contributed by atoms with Gasteiger partial charge in [-0.3, -0.25) is 0 Å². The summed E-state index contributed by atoms with van der Waals surface area (Å²) < 4.78 is 0. The maximum absolute atomic E-state index is 8.05. The van der Waals surface area contributed by atoms with E-state index in [0.29, 0.717) is 0 Å². The molecule has 12 heavy (non-hydrogen) atoms. The molecule has 0 saturated heterocycles. The molecule has 1 N–H and O–H groups in total. The molecule has 0 spiro atoms. The minimum Gasteiger partial charge on any atom is -0.221 e. The predicted octanol–water partition coefficient (Wildman–Crippen LogP) is 3.16. The maximum Gasteiger partial charge on any atom is 0.0958 e. The van der Waals surface area contributed by atoms with Crippen LogP contribution in [0.15, 0.2) is 0 Å². The first-order chi connectivity index (χ1) is 5.85. The molecule has 0 aromatic rings. The number of unbranched alkanes of at least 4 members (excludes halogenated alkanes) is 3. The van der Waals surface area contributed by atoms with Gasteiger partial charge in [0, 0.05) is 0 Å². The van der Waals surface area contributed by atoms with E-state index in [-0.39, 0.29) is 6.10 Å². The lowest BCUT2D eigenvalue weighted by atomic mass is 10.1. The zero-order valence-corrected chi connectivity index (χ0v) is 8.08. The van der Waals surface area contributed by atoms with Crippen molar-refractivity contribution in [2.75, 3.05) is 0 Å². The van der Waals surface area contributed by atoms with Crippen LogP contribution >= 0.6 is 0 Å². The molecule has 0 rings (SSSR count). The average molecular weight is 176 g/mol. The Balaban J connectivity index is 3.19. The largest absolute Gasteiger partial charge is 0.221 e. The summed E-state index contributed by atoms with van der Waals surface area (Å²) in [7, 11) is 0. The quantitative estimate of drug-likeness (QED) is 0.351. The summed E-state index contributed by atoms with van der Waals surface area (Å²) in [6, 6.07) is 0. The SMILES string of the molecule is CCCCCCC(CC)OOO. The van der Waals surface area contributed by atoms with Crippen LogP contribution in [0, 0.1) is 0 Å². The smallest absolute Gasteiger partial charge is 0.0958 e. The molecule has 1 atom stereocenters. The maximum atomic E-state index is 8.05. The summed E-state index contributed by atoms with van der Waals surface area (Å²) in [5, 5.41) is 11.7. The van der Waals surface area contributed by atoms with Crippen molar-refractivity contribution >= 4 is 0 Å². The molecule has 0 aliphatic carbocycles. The second-order valence-electron chi connectivity index (χ2n) is 3.05. The van der Waals surface area contributed by atoms with Crippen LogP contribution in [-0.2, 0) is 9.93 Å². The fourth-order valence-corrected chi connectivity index (χ4v) is 1.18. The van der Waals surface area contributed by atoms with Crippen LogP contribution in [0.2, 0.25) is 0 Å². The molecule has 0 aliphatic heterocycles. The molecule has 0 heterocycles. The molecule has 3 nitrogen and oxygen atoms in total. The van der Waals surface area contributed by atoms with Gasteiger partial charge in [0.25, 0.3) is 0 Å². The number of hydrogen-bond donors (Lipinski definition) is 1. The fraction of sp³-hybridized carbons (Fsp3) is 1.00. The highest BCUT2D eigenvalue weighted by atomic mass is 17.5. The third-order valence-electron chi connectivity index (χ3n) is 2.01. The third kappa shape index (κ3) is 6.58. The first kappa shape index (κ1) is 11.9. The second kappa shape index (κ2) is 8.97. The van der Waals surface area contributed by atoms with Crippen LogP contribution in [0.5, 0.6) is 0 Å². The van der Waals surface area contributed by atoms with Gasteiger partial charge in [0.1, 0.15) is 0 Å². The normalized spacial score (nSPS) is 13.2. The van der Waals surface area contributed by atoms with Gasteiger partial charge in [-0.25, -0.2) is 10.1 Å². The summed E-state index contributed by atoms with van der Waals surface area (Å²) in [5.74, 6) is 0. The lowest BCUT2D eigenvalue weighted by Crippen LogP contribution is -2.10. The highest BCUT2D eigenvalue weighted by Crippen LogP contribution is 2.10. The van der Waals surface area contributed by atoms with Crippen LogP contribution < -0.4 is 0 Å². The Morgan fingerprint density at radius 1 is 1.17 bits per heavy atom.